The maximum absolute atomic E-state index is 4.60. The smallest absolute Gasteiger partial charge is 0.136 e. The molecule has 0 saturated carbocycles. The first kappa shape index (κ1) is 12.0. The Morgan fingerprint density at radius 2 is 2.11 bits per heavy atom. The minimum absolute atomic E-state index is 0.562. The number of hydrogen-bond acceptors (Lipinski definition) is 2. The van der Waals surface area contributed by atoms with Crippen LogP contribution in [0.15, 0.2) is 36.5 Å². The standard InChI is InChI=1S/C15H17BrN2/c1-11-7-9-18(10-14(11)16)15-13-5-3-2-4-12(13)6-8-17-15/h2-6,8,11,14H,7,9-10H2,1H3. The second-order valence-corrected chi connectivity index (χ2v) is 6.26. The minimum atomic E-state index is 0.562. The lowest BCUT2D eigenvalue weighted by Crippen LogP contribution is -2.40. The zero-order valence-electron chi connectivity index (χ0n) is 10.5. The topological polar surface area (TPSA) is 16.1 Å². The van der Waals surface area contributed by atoms with Crippen LogP contribution in [-0.2, 0) is 0 Å². The van der Waals surface area contributed by atoms with Crippen molar-refractivity contribution in [1.82, 2.24) is 4.98 Å². The van der Waals surface area contributed by atoms with Gasteiger partial charge in [0.2, 0.25) is 0 Å². The quantitative estimate of drug-likeness (QED) is 0.744. The summed E-state index contributed by atoms with van der Waals surface area (Å²) in [5, 5.41) is 2.53. The van der Waals surface area contributed by atoms with Gasteiger partial charge in [0.1, 0.15) is 5.82 Å². The van der Waals surface area contributed by atoms with Crippen molar-refractivity contribution in [3.63, 3.8) is 0 Å². The third kappa shape index (κ3) is 2.12. The van der Waals surface area contributed by atoms with E-state index in [0.29, 0.717) is 4.83 Å². The lowest BCUT2D eigenvalue weighted by Gasteiger charge is -2.35. The Kier molecular flexibility index (Phi) is 3.25. The number of nitrogens with zero attached hydrogens (tertiary/aromatic N) is 2. The van der Waals surface area contributed by atoms with Crippen molar-refractivity contribution in [2.45, 2.75) is 18.2 Å². The molecule has 2 unspecified atom stereocenters. The van der Waals surface area contributed by atoms with Crippen LogP contribution in [0.1, 0.15) is 13.3 Å². The Morgan fingerprint density at radius 3 is 2.94 bits per heavy atom. The van der Waals surface area contributed by atoms with Crippen LogP contribution in [0.3, 0.4) is 0 Å². The Morgan fingerprint density at radius 1 is 1.28 bits per heavy atom. The van der Waals surface area contributed by atoms with E-state index >= 15 is 0 Å². The van der Waals surface area contributed by atoms with E-state index in [-0.39, 0.29) is 0 Å². The van der Waals surface area contributed by atoms with Gasteiger partial charge in [-0.25, -0.2) is 4.98 Å². The summed E-state index contributed by atoms with van der Waals surface area (Å²) in [5.41, 5.74) is 0. The Bertz CT molecular complexity index is 550. The lowest BCUT2D eigenvalue weighted by atomic mass is 9.98. The minimum Gasteiger partial charge on any atom is -0.355 e. The van der Waals surface area contributed by atoms with Gasteiger partial charge in [-0.3, -0.25) is 0 Å². The number of benzene rings is 1. The predicted molar refractivity (Wildman–Crippen MR) is 80.5 cm³/mol. The molecular weight excluding hydrogens is 288 g/mol. The van der Waals surface area contributed by atoms with Crippen LogP contribution in [-0.4, -0.2) is 22.9 Å². The summed E-state index contributed by atoms with van der Waals surface area (Å²) in [6, 6.07) is 10.6. The van der Waals surface area contributed by atoms with Gasteiger partial charge in [0.15, 0.2) is 0 Å². The van der Waals surface area contributed by atoms with Crippen LogP contribution in [0.2, 0.25) is 0 Å². The van der Waals surface area contributed by atoms with E-state index < -0.39 is 0 Å². The number of pyridine rings is 1. The molecule has 0 bridgehead atoms. The Hall–Kier alpha value is -1.09. The molecule has 2 aromatic rings. The number of rotatable bonds is 1. The summed E-state index contributed by atoms with van der Waals surface area (Å²) in [5.74, 6) is 1.88. The Balaban J connectivity index is 1.99. The third-order valence-corrected chi connectivity index (χ3v) is 5.01. The van der Waals surface area contributed by atoms with Crippen molar-refractivity contribution in [2.75, 3.05) is 18.0 Å². The van der Waals surface area contributed by atoms with Crippen molar-refractivity contribution < 1.29 is 0 Å². The van der Waals surface area contributed by atoms with Gasteiger partial charge in [0, 0.05) is 29.5 Å². The first-order chi connectivity index (χ1) is 8.75. The van der Waals surface area contributed by atoms with Crippen molar-refractivity contribution in [2.24, 2.45) is 5.92 Å². The van der Waals surface area contributed by atoms with Gasteiger partial charge < -0.3 is 4.90 Å². The fourth-order valence-electron chi connectivity index (χ4n) is 2.57. The molecule has 3 rings (SSSR count). The molecule has 1 fully saturated rings. The van der Waals surface area contributed by atoms with Gasteiger partial charge in [-0.1, -0.05) is 47.1 Å². The number of aromatic nitrogens is 1. The van der Waals surface area contributed by atoms with E-state index in [1.165, 1.54) is 17.2 Å². The van der Waals surface area contributed by atoms with Crippen LogP contribution in [0.25, 0.3) is 10.8 Å². The van der Waals surface area contributed by atoms with Crippen LogP contribution in [0.4, 0.5) is 5.82 Å². The van der Waals surface area contributed by atoms with Crippen LogP contribution in [0.5, 0.6) is 0 Å². The second kappa shape index (κ2) is 4.88. The molecule has 2 nitrogen and oxygen atoms in total. The van der Waals surface area contributed by atoms with Crippen LogP contribution < -0.4 is 4.90 Å². The average Bonchev–Trinajstić information content (AvgIpc) is 2.41. The monoisotopic (exact) mass is 304 g/mol. The molecule has 0 spiro atoms. The molecule has 1 aromatic heterocycles. The van der Waals surface area contributed by atoms with E-state index in [1.54, 1.807) is 0 Å². The van der Waals surface area contributed by atoms with Crippen molar-refractivity contribution in [3.05, 3.63) is 36.5 Å². The summed E-state index contributed by atoms with van der Waals surface area (Å²) in [4.78, 5) is 7.56. The lowest BCUT2D eigenvalue weighted by molar-refractivity contribution is 0.455. The second-order valence-electron chi connectivity index (χ2n) is 5.08. The maximum Gasteiger partial charge on any atom is 0.136 e. The molecule has 1 aromatic carbocycles. The molecule has 0 radical (unpaired) electrons. The van der Waals surface area contributed by atoms with Gasteiger partial charge in [-0.15, -0.1) is 0 Å². The summed E-state index contributed by atoms with van der Waals surface area (Å²) in [6.07, 6.45) is 3.14. The number of anilines is 1. The highest BCUT2D eigenvalue weighted by Crippen LogP contribution is 2.30. The van der Waals surface area contributed by atoms with Crippen molar-refractivity contribution in [3.8, 4) is 0 Å². The molecule has 0 aliphatic carbocycles. The molecule has 94 valence electrons. The average molecular weight is 305 g/mol. The van der Waals surface area contributed by atoms with E-state index in [2.05, 4.69) is 63.1 Å². The number of fused-ring (bicyclic) bond motifs is 1. The molecule has 3 heteroatoms. The van der Waals surface area contributed by atoms with E-state index in [4.69, 9.17) is 0 Å². The van der Waals surface area contributed by atoms with Gasteiger partial charge in [-0.05, 0) is 23.8 Å². The summed E-state index contributed by atoms with van der Waals surface area (Å²) in [7, 11) is 0. The SMILES string of the molecule is CC1CCN(c2nccc3ccccc23)CC1Br. The summed E-state index contributed by atoms with van der Waals surface area (Å²) < 4.78 is 0. The molecule has 1 aliphatic heterocycles. The molecule has 18 heavy (non-hydrogen) atoms. The number of piperidine rings is 1. The van der Waals surface area contributed by atoms with Crippen LogP contribution >= 0.6 is 15.9 Å². The molecule has 1 aliphatic rings. The van der Waals surface area contributed by atoms with Crippen LogP contribution in [0, 0.1) is 5.92 Å². The maximum atomic E-state index is 4.60. The first-order valence-electron chi connectivity index (χ1n) is 6.48. The van der Waals surface area contributed by atoms with Crippen molar-refractivity contribution >= 4 is 32.5 Å². The summed E-state index contributed by atoms with van der Waals surface area (Å²) in [6.45, 7) is 4.46. The van der Waals surface area contributed by atoms with E-state index in [0.717, 1.165) is 24.8 Å². The number of halogens is 1. The van der Waals surface area contributed by atoms with Crippen molar-refractivity contribution in [1.29, 1.82) is 0 Å². The van der Waals surface area contributed by atoms with Gasteiger partial charge >= 0.3 is 0 Å². The van der Waals surface area contributed by atoms with Gasteiger partial charge in [-0.2, -0.15) is 0 Å². The highest BCUT2D eigenvalue weighted by molar-refractivity contribution is 9.09. The Labute approximate surface area is 116 Å². The molecule has 0 N–H and O–H groups in total. The van der Waals surface area contributed by atoms with Gasteiger partial charge in [0.05, 0.1) is 0 Å². The van der Waals surface area contributed by atoms with Gasteiger partial charge in [0.25, 0.3) is 0 Å². The first-order valence-corrected chi connectivity index (χ1v) is 7.40. The molecular formula is C15H17BrN2. The highest BCUT2D eigenvalue weighted by Gasteiger charge is 2.25. The largest absolute Gasteiger partial charge is 0.355 e. The zero-order valence-corrected chi connectivity index (χ0v) is 12.1. The fourth-order valence-corrected chi connectivity index (χ4v) is 3.18. The fraction of sp³-hybridized carbons (Fsp3) is 0.400. The number of hydrogen-bond donors (Lipinski definition) is 0. The molecule has 2 atom stereocenters. The van der Waals surface area contributed by atoms with E-state index in [9.17, 15) is 0 Å². The predicted octanol–water partition coefficient (Wildman–Crippen LogP) is 3.84. The normalized spacial score (nSPS) is 24.4. The molecule has 1 saturated heterocycles. The molecule has 0 amide bonds. The zero-order chi connectivity index (χ0) is 12.5. The third-order valence-electron chi connectivity index (χ3n) is 3.82. The number of alkyl halides is 1. The summed E-state index contributed by atoms with van der Waals surface area (Å²) >= 11 is 3.79. The molecule has 2 heterocycles. The highest BCUT2D eigenvalue weighted by atomic mass is 79.9. The van der Waals surface area contributed by atoms with E-state index in [1.807, 2.05) is 6.20 Å².